The van der Waals surface area contributed by atoms with Gasteiger partial charge in [0.2, 0.25) is 0 Å². The number of thiazole rings is 1. The average molecular weight is 301 g/mol. The van der Waals surface area contributed by atoms with Crippen LogP contribution in [0.15, 0.2) is 22.4 Å². The Hall–Kier alpha value is -0.950. The van der Waals surface area contributed by atoms with Crippen molar-refractivity contribution in [2.24, 2.45) is 5.73 Å². The largest absolute Gasteiger partial charge is 0.329 e. The summed E-state index contributed by atoms with van der Waals surface area (Å²) in [5.41, 5.74) is 6.61. The lowest BCUT2D eigenvalue weighted by Gasteiger charge is -2.22. The second-order valence-electron chi connectivity index (χ2n) is 4.64. The van der Waals surface area contributed by atoms with E-state index in [1.807, 2.05) is 5.38 Å². The molecule has 7 heteroatoms. The Kier molecular flexibility index (Phi) is 4.57. The van der Waals surface area contributed by atoms with Gasteiger partial charge in [0.25, 0.3) is 5.56 Å². The third-order valence-corrected chi connectivity index (χ3v) is 4.25. The highest BCUT2D eigenvalue weighted by Crippen LogP contribution is 2.18. The van der Waals surface area contributed by atoms with Crippen molar-refractivity contribution in [2.45, 2.75) is 25.4 Å². The molecule has 2 N–H and O–H groups in total. The molecule has 19 heavy (non-hydrogen) atoms. The number of hydrogen-bond acceptors (Lipinski definition) is 5. The molecule has 0 spiro atoms. The minimum absolute atomic E-state index is 0. The first-order valence-corrected chi connectivity index (χ1v) is 7.06. The second kappa shape index (κ2) is 6.00. The third-order valence-electron chi connectivity index (χ3n) is 3.49. The molecule has 1 aliphatic rings. The van der Waals surface area contributed by atoms with Crippen LogP contribution >= 0.6 is 23.7 Å². The highest BCUT2D eigenvalue weighted by atomic mass is 35.5. The zero-order valence-corrected chi connectivity index (χ0v) is 12.1. The molecule has 104 valence electrons. The molecule has 1 fully saturated rings. The van der Waals surface area contributed by atoms with Crippen molar-refractivity contribution in [3.05, 3.63) is 33.7 Å². The highest BCUT2D eigenvalue weighted by Gasteiger charge is 2.23. The molecule has 2 aromatic heterocycles. The molecule has 5 nitrogen and oxygen atoms in total. The molecule has 1 saturated heterocycles. The lowest BCUT2D eigenvalue weighted by atomic mass is 10.2. The van der Waals surface area contributed by atoms with E-state index >= 15 is 0 Å². The van der Waals surface area contributed by atoms with E-state index in [1.54, 1.807) is 16.7 Å². The van der Waals surface area contributed by atoms with E-state index in [2.05, 4.69) is 9.88 Å². The van der Waals surface area contributed by atoms with Gasteiger partial charge in [-0.3, -0.25) is 14.1 Å². The standard InChI is InChI=1S/C12H16N4OS.ClH/c13-7-10-2-1-3-15(10)8-9-6-11(17)16-4-5-18-12(16)14-9;/h4-6,10H,1-3,7-8,13H2;1H. The third kappa shape index (κ3) is 2.81. The van der Waals surface area contributed by atoms with Crippen LogP contribution < -0.4 is 11.3 Å². The van der Waals surface area contributed by atoms with Crippen LogP contribution in [0.5, 0.6) is 0 Å². The van der Waals surface area contributed by atoms with Crippen LogP contribution in [-0.2, 0) is 6.54 Å². The average Bonchev–Trinajstić information content (AvgIpc) is 2.97. The fourth-order valence-electron chi connectivity index (χ4n) is 2.55. The summed E-state index contributed by atoms with van der Waals surface area (Å²) in [6.07, 6.45) is 4.09. The Morgan fingerprint density at radius 3 is 3.16 bits per heavy atom. The van der Waals surface area contributed by atoms with Crippen LogP contribution in [0.1, 0.15) is 18.5 Å². The molecular weight excluding hydrogens is 284 g/mol. The summed E-state index contributed by atoms with van der Waals surface area (Å²) in [5.74, 6) is 0. The van der Waals surface area contributed by atoms with Crippen LogP contribution in [0.2, 0.25) is 0 Å². The van der Waals surface area contributed by atoms with Gasteiger partial charge in [0.1, 0.15) is 0 Å². The second-order valence-corrected chi connectivity index (χ2v) is 5.52. The van der Waals surface area contributed by atoms with Crippen LogP contribution in [0.25, 0.3) is 4.96 Å². The molecule has 3 heterocycles. The van der Waals surface area contributed by atoms with Crippen molar-refractivity contribution in [3.63, 3.8) is 0 Å². The SMILES string of the molecule is Cl.NCC1CCCN1Cc1cc(=O)n2ccsc2n1. The highest BCUT2D eigenvalue weighted by molar-refractivity contribution is 7.15. The number of nitrogens with two attached hydrogens (primary N) is 1. The first kappa shape index (κ1) is 14.5. The summed E-state index contributed by atoms with van der Waals surface area (Å²) in [7, 11) is 0. The number of fused-ring (bicyclic) bond motifs is 1. The maximum atomic E-state index is 11.9. The minimum Gasteiger partial charge on any atom is -0.329 e. The van der Waals surface area contributed by atoms with E-state index in [0.29, 0.717) is 12.6 Å². The van der Waals surface area contributed by atoms with Gasteiger partial charge in [-0.2, -0.15) is 0 Å². The zero-order chi connectivity index (χ0) is 12.5. The molecule has 0 aliphatic carbocycles. The normalized spacial score (nSPS) is 19.7. The molecule has 0 radical (unpaired) electrons. The van der Waals surface area contributed by atoms with E-state index in [9.17, 15) is 4.79 Å². The Morgan fingerprint density at radius 1 is 1.53 bits per heavy atom. The molecule has 1 aliphatic heterocycles. The minimum atomic E-state index is -0.000236. The van der Waals surface area contributed by atoms with Crippen molar-refractivity contribution < 1.29 is 0 Å². The van der Waals surface area contributed by atoms with E-state index in [1.165, 1.54) is 17.8 Å². The van der Waals surface area contributed by atoms with E-state index in [0.717, 1.165) is 30.2 Å². The van der Waals surface area contributed by atoms with Gasteiger partial charge in [-0.15, -0.1) is 23.7 Å². The molecule has 0 amide bonds. The van der Waals surface area contributed by atoms with Crippen molar-refractivity contribution in [3.8, 4) is 0 Å². The van der Waals surface area contributed by atoms with Gasteiger partial charge in [0.15, 0.2) is 4.96 Å². The summed E-state index contributed by atoms with van der Waals surface area (Å²) in [6.45, 7) is 2.46. The fraction of sp³-hybridized carbons (Fsp3) is 0.500. The lowest BCUT2D eigenvalue weighted by molar-refractivity contribution is 0.247. The zero-order valence-electron chi connectivity index (χ0n) is 10.5. The van der Waals surface area contributed by atoms with Gasteiger partial charge < -0.3 is 5.73 Å². The molecule has 2 aromatic rings. The van der Waals surface area contributed by atoms with Crippen molar-refractivity contribution in [1.29, 1.82) is 0 Å². The quantitative estimate of drug-likeness (QED) is 0.922. The van der Waals surface area contributed by atoms with Crippen molar-refractivity contribution >= 4 is 28.7 Å². The van der Waals surface area contributed by atoms with E-state index in [4.69, 9.17) is 5.73 Å². The van der Waals surface area contributed by atoms with Gasteiger partial charge in [-0.1, -0.05) is 0 Å². The van der Waals surface area contributed by atoms with E-state index < -0.39 is 0 Å². The summed E-state index contributed by atoms with van der Waals surface area (Å²) < 4.78 is 1.58. The summed E-state index contributed by atoms with van der Waals surface area (Å²) in [6, 6.07) is 2.07. The van der Waals surface area contributed by atoms with E-state index in [-0.39, 0.29) is 18.0 Å². The fourth-order valence-corrected chi connectivity index (χ4v) is 3.29. The Balaban J connectivity index is 0.00000133. The topological polar surface area (TPSA) is 63.6 Å². The first-order valence-electron chi connectivity index (χ1n) is 6.18. The number of hydrogen-bond donors (Lipinski definition) is 1. The first-order chi connectivity index (χ1) is 8.78. The summed E-state index contributed by atoms with van der Waals surface area (Å²) >= 11 is 1.49. The van der Waals surface area contributed by atoms with Crippen LogP contribution in [0, 0.1) is 0 Å². The predicted molar refractivity (Wildman–Crippen MR) is 79.1 cm³/mol. The van der Waals surface area contributed by atoms with Crippen LogP contribution in [0.4, 0.5) is 0 Å². The summed E-state index contributed by atoms with van der Waals surface area (Å²) in [4.78, 5) is 19.5. The monoisotopic (exact) mass is 300 g/mol. The van der Waals surface area contributed by atoms with Gasteiger partial charge in [-0.05, 0) is 19.4 Å². The Morgan fingerprint density at radius 2 is 2.37 bits per heavy atom. The molecule has 0 aromatic carbocycles. The molecule has 1 unspecified atom stereocenters. The molecule has 1 atom stereocenters. The number of nitrogens with zero attached hydrogens (tertiary/aromatic N) is 3. The van der Waals surface area contributed by atoms with Crippen LogP contribution in [0.3, 0.4) is 0 Å². The smallest absolute Gasteiger partial charge is 0.258 e. The maximum Gasteiger partial charge on any atom is 0.258 e. The van der Waals surface area contributed by atoms with Gasteiger partial charge in [-0.25, -0.2) is 4.98 Å². The number of aromatic nitrogens is 2. The van der Waals surface area contributed by atoms with Gasteiger partial charge in [0, 0.05) is 36.8 Å². The van der Waals surface area contributed by atoms with Gasteiger partial charge >= 0.3 is 0 Å². The van der Waals surface area contributed by atoms with Gasteiger partial charge in [0.05, 0.1) is 5.69 Å². The maximum absolute atomic E-state index is 11.9. The molecule has 0 bridgehead atoms. The molecule has 3 rings (SSSR count). The molecule has 0 saturated carbocycles. The van der Waals surface area contributed by atoms with Crippen molar-refractivity contribution in [1.82, 2.24) is 14.3 Å². The number of halogens is 1. The Labute approximate surface area is 121 Å². The lowest BCUT2D eigenvalue weighted by Crippen LogP contribution is -2.35. The van der Waals surface area contributed by atoms with Crippen LogP contribution in [-0.4, -0.2) is 33.4 Å². The number of rotatable bonds is 3. The molecular formula is C12H17ClN4OS. The number of likely N-dealkylation sites (tertiary alicyclic amines) is 1. The van der Waals surface area contributed by atoms with Crippen molar-refractivity contribution in [2.75, 3.05) is 13.1 Å². The predicted octanol–water partition coefficient (Wildman–Crippen LogP) is 1.10. The Bertz CT molecular complexity index is 611. The summed E-state index contributed by atoms with van der Waals surface area (Å²) in [5, 5.41) is 1.88.